The summed E-state index contributed by atoms with van der Waals surface area (Å²) < 4.78 is 1.35. The minimum atomic E-state index is -0.184. The molecule has 7 heteroatoms. The van der Waals surface area contributed by atoms with Crippen LogP contribution in [0.1, 0.15) is 11.3 Å². The Bertz CT molecular complexity index is 1120. The number of hydrogen-bond donors (Lipinski definition) is 1. The van der Waals surface area contributed by atoms with Gasteiger partial charge in [0, 0.05) is 29.7 Å². The van der Waals surface area contributed by atoms with Crippen LogP contribution in [0.3, 0.4) is 0 Å². The van der Waals surface area contributed by atoms with Crippen molar-refractivity contribution in [2.24, 2.45) is 0 Å². The van der Waals surface area contributed by atoms with E-state index in [1.807, 2.05) is 37.4 Å². The third-order valence-corrected chi connectivity index (χ3v) is 4.48. The summed E-state index contributed by atoms with van der Waals surface area (Å²) >= 11 is 5.93. The molecule has 2 aromatic carbocycles. The highest BCUT2D eigenvalue weighted by atomic mass is 35.5. The number of H-pyrrole nitrogens is 1. The molecule has 4 aromatic rings. The fourth-order valence-corrected chi connectivity index (χ4v) is 3.10. The minimum Gasteiger partial charge on any atom is -0.296 e. The number of rotatable bonds is 5. The molecule has 0 radical (unpaired) electrons. The van der Waals surface area contributed by atoms with Gasteiger partial charge in [-0.3, -0.25) is 14.8 Å². The summed E-state index contributed by atoms with van der Waals surface area (Å²) in [5, 5.41) is 3.64. The van der Waals surface area contributed by atoms with Crippen LogP contribution >= 0.6 is 11.6 Å². The van der Waals surface area contributed by atoms with Gasteiger partial charge in [0.1, 0.15) is 0 Å². The highest BCUT2D eigenvalue weighted by Crippen LogP contribution is 2.18. The number of aromatic nitrogens is 4. The summed E-state index contributed by atoms with van der Waals surface area (Å²) in [6.45, 7) is 1.34. The van der Waals surface area contributed by atoms with E-state index < -0.39 is 0 Å². The van der Waals surface area contributed by atoms with Gasteiger partial charge in [-0.25, -0.2) is 4.98 Å². The summed E-state index contributed by atoms with van der Waals surface area (Å²) in [7, 11) is 2.00. The molecule has 2 heterocycles. The van der Waals surface area contributed by atoms with Crippen molar-refractivity contribution in [2.75, 3.05) is 7.05 Å². The molecule has 0 aliphatic carbocycles. The van der Waals surface area contributed by atoms with Crippen molar-refractivity contribution in [3.8, 4) is 11.4 Å². The number of aromatic amines is 1. The number of nitrogens with zero attached hydrogens (tertiary/aromatic N) is 4. The Kier molecular flexibility index (Phi) is 4.75. The Balaban J connectivity index is 1.59. The van der Waals surface area contributed by atoms with E-state index in [0.29, 0.717) is 28.9 Å². The van der Waals surface area contributed by atoms with Crippen LogP contribution in [0, 0.1) is 0 Å². The second-order valence-electron chi connectivity index (χ2n) is 6.46. The van der Waals surface area contributed by atoms with Crippen molar-refractivity contribution in [1.29, 1.82) is 0 Å². The second-order valence-corrected chi connectivity index (χ2v) is 6.89. The molecule has 4 rings (SSSR count). The van der Waals surface area contributed by atoms with Crippen LogP contribution in [0.25, 0.3) is 17.2 Å². The van der Waals surface area contributed by atoms with Gasteiger partial charge in [-0.15, -0.1) is 0 Å². The van der Waals surface area contributed by atoms with Gasteiger partial charge < -0.3 is 0 Å². The predicted molar refractivity (Wildman–Crippen MR) is 106 cm³/mol. The Morgan fingerprint density at radius 1 is 1.04 bits per heavy atom. The Morgan fingerprint density at radius 3 is 2.52 bits per heavy atom. The standard InChI is InChI=1S/C20H18ClN5O/c1-25(12-14-5-3-2-4-6-14)13-17-11-18(27)26-20(22-17)23-19(24-26)15-7-9-16(21)10-8-15/h2-11H,12-13H2,1H3,(H,22,23,24). The maximum atomic E-state index is 12.5. The summed E-state index contributed by atoms with van der Waals surface area (Å²) in [5.74, 6) is 0.932. The highest BCUT2D eigenvalue weighted by molar-refractivity contribution is 6.30. The maximum absolute atomic E-state index is 12.5. The van der Waals surface area contributed by atoms with Crippen molar-refractivity contribution < 1.29 is 0 Å². The number of benzene rings is 2. The lowest BCUT2D eigenvalue weighted by Crippen LogP contribution is -2.22. The zero-order chi connectivity index (χ0) is 18.8. The van der Waals surface area contributed by atoms with Crippen LogP contribution in [0.2, 0.25) is 5.02 Å². The van der Waals surface area contributed by atoms with Gasteiger partial charge in [-0.05, 0) is 36.9 Å². The van der Waals surface area contributed by atoms with Crippen LogP contribution in [-0.2, 0) is 13.1 Å². The third-order valence-electron chi connectivity index (χ3n) is 4.23. The van der Waals surface area contributed by atoms with Crippen LogP contribution in [0.15, 0.2) is 65.5 Å². The van der Waals surface area contributed by atoms with Crippen LogP contribution in [0.4, 0.5) is 0 Å². The smallest absolute Gasteiger partial charge is 0.274 e. The molecule has 136 valence electrons. The first-order valence-electron chi connectivity index (χ1n) is 8.55. The van der Waals surface area contributed by atoms with E-state index in [9.17, 15) is 4.79 Å². The van der Waals surface area contributed by atoms with E-state index in [1.165, 1.54) is 16.1 Å². The second kappa shape index (κ2) is 7.34. The molecule has 2 aromatic heterocycles. The molecule has 0 amide bonds. The fraction of sp³-hybridized carbons (Fsp3) is 0.150. The molecule has 1 N–H and O–H groups in total. The maximum Gasteiger partial charge on any atom is 0.274 e. The molecule has 6 nitrogen and oxygen atoms in total. The number of halogens is 1. The fourth-order valence-electron chi connectivity index (χ4n) is 2.97. The Labute approximate surface area is 161 Å². The Morgan fingerprint density at radius 2 is 1.78 bits per heavy atom. The lowest BCUT2D eigenvalue weighted by Gasteiger charge is -2.15. The van der Waals surface area contributed by atoms with Gasteiger partial charge >= 0.3 is 0 Å². The predicted octanol–water partition coefficient (Wildman–Crippen LogP) is 3.37. The molecule has 0 saturated heterocycles. The van der Waals surface area contributed by atoms with E-state index in [4.69, 9.17) is 11.6 Å². The van der Waals surface area contributed by atoms with Crippen molar-refractivity contribution in [3.63, 3.8) is 0 Å². The van der Waals surface area contributed by atoms with E-state index >= 15 is 0 Å². The number of fused-ring (bicyclic) bond motifs is 1. The quantitative estimate of drug-likeness (QED) is 0.577. The van der Waals surface area contributed by atoms with Gasteiger partial charge in [0.2, 0.25) is 0 Å². The largest absolute Gasteiger partial charge is 0.296 e. The van der Waals surface area contributed by atoms with E-state index in [1.54, 1.807) is 12.1 Å². The molecular weight excluding hydrogens is 362 g/mol. The molecule has 0 saturated carbocycles. The van der Waals surface area contributed by atoms with Crippen molar-refractivity contribution in [1.82, 2.24) is 24.5 Å². The average molecular weight is 380 g/mol. The molecule has 27 heavy (non-hydrogen) atoms. The topological polar surface area (TPSA) is 66.3 Å². The SMILES string of the molecule is CN(Cc1ccccc1)Cc1cc(=O)n2[nH]c(-c3ccc(Cl)cc3)nc2n1. The lowest BCUT2D eigenvalue weighted by molar-refractivity contribution is 0.315. The Hall–Kier alpha value is -2.96. The van der Waals surface area contributed by atoms with Gasteiger partial charge in [-0.2, -0.15) is 9.50 Å². The number of nitrogens with one attached hydrogen (secondary N) is 1. The average Bonchev–Trinajstić information content (AvgIpc) is 3.08. The third kappa shape index (κ3) is 3.92. The molecule has 0 aliphatic rings. The van der Waals surface area contributed by atoms with Gasteiger partial charge in [-0.1, -0.05) is 41.9 Å². The zero-order valence-electron chi connectivity index (χ0n) is 14.8. The minimum absolute atomic E-state index is 0.184. The monoisotopic (exact) mass is 379 g/mol. The molecule has 0 fully saturated rings. The summed E-state index contributed by atoms with van der Waals surface area (Å²) in [6, 6.07) is 19.0. The molecule has 0 spiro atoms. The van der Waals surface area contributed by atoms with Crippen molar-refractivity contribution >= 4 is 17.4 Å². The van der Waals surface area contributed by atoms with Crippen molar-refractivity contribution in [2.45, 2.75) is 13.1 Å². The lowest BCUT2D eigenvalue weighted by atomic mass is 10.2. The van der Waals surface area contributed by atoms with Gasteiger partial charge in [0.25, 0.3) is 11.3 Å². The first kappa shape index (κ1) is 17.5. The van der Waals surface area contributed by atoms with Crippen LogP contribution in [-0.4, -0.2) is 31.5 Å². The van der Waals surface area contributed by atoms with E-state index in [-0.39, 0.29) is 5.56 Å². The van der Waals surface area contributed by atoms with Gasteiger partial charge in [0.15, 0.2) is 5.82 Å². The summed E-state index contributed by atoms with van der Waals surface area (Å²) in [4.78, 5) is 23.6. The van der Waals surface area contributed by atoms with E-state index in [2.05, 4.69) is 32.1 Å². The molecule has 0 bridgehead atoms. The summed E-state index contributed by atoms with van der Waals surface area (Å²) in [5.41, 5.74) is 2.55. The first-order valence-corrected chi connectivity index (χ1v) is 8.93. The van der Waals surface area contributed by atoms with E-state index in [0.717, 1.165) is 12.1 Å². The summed E-state index contributed by atoms with van der Waals surface area (Å²) in [6.07, 6.45) is 0. The highest BCUT2D eigenvalue weighted by Gasteiger charge is 2.11. The number of hydrogen-bond acceptors (Lipinski definition) is 4. The molecule has 0 aliphatic heterocycles. The van der Waals surface area contributed by atoms with Crippen LogP contribution < -0.4 is 5.56 Å². The molecular formula is C20H18ClN5O. The molecule has 0 atom stereocenters. The van der Waals surface area contributed by atoms with Gasteiger partial charge in [0.05, 0.1) is 5.69 Å². The zero-order valence-corrected chi connectivity index (χ0v) is 15.5. The van der Waals surface area contributed by atoms with Crippen LogP contribution in [0.5, 0.6) is 0 Å². The van der Waals surface area contributed by atoms with Crippen molar-refractivity contribution in [3.05, 3.63) is 87.3 Å². The normalized spacial score (nSPS) is 11.4. The molecule has 0 unspecified atom stereocenters. The first-order chi connectivity index (χ1) is 13.1.